The average molecular weight is 445 g/mol. The Balaban J connectivity index is 1.43. The third-order valence-corrected chi connectivity index (χ3v) is 6.07. The normalized spacial score (nSPS) is 16.1. The van der Waals surface area contributed by atoms with Crippen LogP contribution in [0.25, 0.3) is 16.8 Å². The molecule has 1 atom stereocenters. The number of urea groups is 1. The molecule has 7 heteroatoms. The maximum atomic E-state index is 13.5. The number of imidazole rings is 1. The van der Waals surface area contributed by atoms with Crippen molar-refractivity contribution in [3.05, 3.63) is 84.6 Å². The number of aromatic nitrogens is 2. The van der Waals surface area contributed by atoms with E-state index in [0.29, 0.717) is 18.8 Å². The second-order valence-corrected chi connectivity index (χ2v) is 8.23. The Morgan fingerprint density at radius 3 is 2.85 bits per heavy atom. The molecule has 1 aliphatic heterocycles. The van der Waals surface area contributed by atoms with Gasteiger partial charge in [-0.1, -0.05) is 24.3 Å². The molecule has 1 unspecified atom stereocenters. The first-order valence-electron chi connectivity index (χ1n) is 11.1. The Hall–Kier alpha value is -3.87. The van der Waals surface area contributed by atoms with E-state index in [1.165, 1.54) is 12.1 Å². The van der Waals surface area contributed by atoms with Crippen molar-refractivity contribution in [1.82, 2.24) is 14.3 Å². The molecule has 0 bridgehead atoms. The third-order valence-electron chi connectivity index (χ3n) is 6.07. The summed E-state index contributed by atoms with van der Waals surface area (Å²) in [6, 6.07) is 19.7. The van der Waals surface area contributed by atoms with Crippen molar-refractivity contribution in [3.63, 3.8) is 0 Å². The molecule has 1 fully saturated rings. The number of hydrogen-bond donors (Lipinski definition) is 1. The number of amides is 2. The van der Waals surface area contributed by atoms with Crippen molar-refractivity contribution in [2.45, 2.75) is 18.8 Å². The molecule has 5 rings (SSSR count). The van der Waals surface area contributed by atoms with Gasteiger partial charge < -0.3 is 19.4 Å². The average Bonchev–Trinajstić information content (AvgIpc) is 3.24. The van der Waals surface area contributed by atoms with Crippen LogP contribution in [0.5, 0.6) is 5.75 Å². The molecular formula is C26H25FN4O2. The smallest absolute Gasteiger partial charge is 0.321 e. The molecule has 3 heterocycles. The monoisotopic (exact) mass is 444 g/mol. The van der Waals surface area contributed by atoms with Crippen LogP contribution in [-0.4, -0.2) is 40.5 Å². The van der Waals surface area contributed by atoms with Gasteiger partial charge in [0.05, 0.1) is 18.3 Å². The Morgan fingerprint density at radius 1 is 1.12 bits per heavy atom. The maximum absolute atomic E-state index is 13.5. The highest BCUT2D eigenvalue weighted by atomic mass is 19.1. The fourth-order valence-corrected chi connectivity index (χ4v) is 4.47. The highest BCUT2D eigenvalue weighted by molar-refractivity contribution is 5.89. The van der Waals surface area contributed by atoms with Gasteiger partial charge in [-0.3, -0.25) is 0 Å². The third kappa shape index (κ3) is 4.26. The molecular weight excluding hydrogens is 419 g/mol. The van der Waals surface area contributed by atoms with Gasteiger partial charge in [-0.2, -0.15) is 0 Å². The quantitative estimate of drug-likeness (QED) is 0.448. The molecule has 0 radical (unpaired) electrons. The van der Waals surface area contributed by atoms with Gasteiger partial charge in [0, 0.05) is 36.5 Å². The maximum Gasteiger partial charge on any atom is 0.321 e. The van der Waals surface area contributed by atoms with E-state index >= 15 is 0 Å². The molecule has 1 saturated heterocycles. The van der Waals surface area contributed by atoms with Crippen LogP contribution < -0.4 is 10.1 Å². The minimum atomic E-state index is -0.377. The van der Waals surface area contributed by atoms with E-state index in [1.54, 1.807) is 24.1 Å². The summed E-state index contributed by atoms with van der Waals surface area (Å²) in [6.07, 6.45) is 3.83. The number of benzene rings is 2. The Labute approximate surface area is 191 Å². The molecule has 2 amide bonds. The van der Waals surface area contributed by atoms with Crippen molar-refractivity contribution in [3.8, 4) is 17.0 Å². The van der Waals surface area contributed by atoms with Gasteiger partial charge in [0.25, 0.3) is 0 Å². The summed E-state index contributed by atoms with van der Waals surface area (Å²) in [5.74, 6) is 1.43. The number of ether oxygens (including phenoxy) is 1. The number of nitrogens with zero attached hydrogens (tertiary/aromatic N) is 3. The van der Waals surface area contributed by atoms with E-state index in [9.17, 15) is 9.18 Å². The number of fused-ring (bicyclic) bond motifs is 1. The summed E-state index contributed by atoms with van der Waals surface area (Å²) in [5.41, 5.74) is 3.35. The summed E-state index contributed by atoms with van der Waals surface area (Å²) in [6.45, 7) is 1.20. The number of hydrogen-bond acceptors (Lipinski definition) is 3. The van der Waals surface area contributed by atoms with Crippen LogP contribution in [0.4, 0.5) is 14.9 Å². The lowest BCUT2D eigenvalue weighted by atomic mass is 9.97. The van der Waals surface area contributed by atoms with E-state index in [1.807, 2.05) is 42.6 Å². The summed E-state index contributed by atoms with van der Waals surface area (Å²) in [7, 11) is 1.65. The molecule has 1 N–H and O–H groups in total. The lowest BCUT2D eigenvalue weighted by Crippen LogP contribution is -2.42. The van der Waals surface area contributed by atoms with Gasteiger partial charge in [-0.25, -0.2) is 14.2 Å². The second-order valence-electron chi connectivity index (χ2n) is 8.23. The van der Waals surface area contributed by atoms with Gasteiger partial charge in [0.1, 0.15) is 17.4 Å². The van der Waals surface area contributed by atoms with Crippen molar-refractivity contribution >= 4 is 17.2 Å². The van der Waals surface area contributed by atoms with E-state index in [4.69, 9.17) is 9.72 Å². The number of halogens is 1. The summed E-state index contributed by atoms with van der Waals surface area (Å²) >= 11 is 0. The van der Waals surface area contributed by atoms with E-state index in [0.717, 1.165) is 41.2 Å². The van der Waals surface area contributed by atoms with Crippen LogP contribution in [0.2, 0.25) is 0 Å². The molecule has 33 heavy (non-hydrogen) atoms. The van der Waals surface area contributed by atoms with Crippen molar-refractivity contribution < 1.29 is 13.9 Å². The fraction of sp³-hybridized carbons (Fsp3) is 0.231. The Bertz CT molecular complexity index is 1300. The second kappa shape index (κ2) is 8.94. The molecule has 0 saturated carbocycles. The van der Waals surface area contributed by atoms with Gasteiger partial charge >= 0.3 is 6.03 Å². The van der Waals surface area contributed by atoms with Gasteiger partial charge in [0.15, 0.2) is 0 Å². The highest BCUT2D eigenvalue weighted by Gasteiger charge is 2.28. The minimum Gasteiger partial charge on any atom is -0.497 e. The molecule has 2 aromatic heterocycles. The van der Waals surface area contributed by atoms with Gasteiger partial charge in [-0.05, 0) is 55.3 Å². The van der Waals surface area contributed by atoms with Gasteiger partial charge in [-0.15, -0.1) is 0 Å². The number of rotatable bonds is 4. The van der Waals surface area contributed by atoms with E-state index in [2.05, 4.69) is 15.8 Å². The van der Waals surface area contributed by atoms with E-state index in [-0.39, 0.29) is 17.8 Å². The molecule has 1 aliphatic rings. The number of carbonyl (C=O) groups is 1. The largest absolute Gasteiger partial charge is 0.497 e. The van der Waals surface area contributed by atoms with Crippen molar-refractivity contribution in [2.75, 3.05) is 25.5 Å². The van der Waals surface area contributed by atoms with Crippen LogP contribution >= 0.6 is 0 Å². The summed E-state index contributed by atoms with van der Waals surface area (Å²) < 4.78 is 21.0. The highest BCUT2D eigenvalue weighted by Crippen LogP contribution is 2.33. The number of likely N-dealkylation sites (tertiary alicyclic amines) is 1. The fourth-order valence-electron chi connectivity index (χ4n) is 4.47. The Morgan fingerprint density at radius 2 is 2.00 bits per heavy atom. The van der Waals surface area contributed by atoms with Crippen LogP contribution in [-0.2, 0) is 0 Å². The number of nitrogens with one attached hydrogen (secondary N) is 1. The standard InChI is InChI=1S/C26H25FN4O2/c1-33-22-11-4-7-18(15-22)24-23-12-2-3-14-31(23)25(29-24)19-8-6-13-30(17-19)26(32)28-21-10-5-9-20(27)16-21/h2-5,7,9-12,14-16,19H,6,8,13,17H2,1H3,(H,28,32). The van der Waals surface area contributed by atoms with Crippen LogP contribution in [0.15, 0.2) is 72.9 Å². The SMILES string of the molecule is COc1cccc(-c2nc(C3CCCN(C(=O)Nc4cccc(F)c4)C3)n3ccccc23)c1. The number of methoxy groups -OCH3 is 1. The molecule has 168 valence electrons. The molecule has 6 nitrogen and oxygen atoms in total. The first-order valence-corrected chi connectivity index (χ1v) is 11.1. The lowest BCUT2D eigenvalue weighted by Gasteiger charge is -2.32. The van der Waals surface area contributed by atoms with Crippen LogP contribution in [0, 0.1) is 5.82 Å². The zero-order valence-electron chi connectivity index (χ0n) is 18.4. The topological polar surface area (TPSA) is 58.9 Å². The predicted molar refractivity (Wildman–Crippen MR) is 126 cm³/mol. The summed E-state index contributed by atoms with van der Waals surface area (Å²) in [4.78, 5) is 19.7. The first kappa shape index (κ1) is 21.0. The number of anilines is 1. The van der Waals surface area contributed by atoms with E-state index < -0.39 is 0 Å². The lowest BCUT2D eigenvalue weighted by molar-refractivity contribution is 0.191. The minimum absolute atomic E-state index is 0.0891. The predicted octanol–water partition coefficient (Wildman–Crippen LogP) is 5.56. The Kier molecular flexibility index (Phi) is 5.69. The van der Waals surface area contributed by atoms with Crippen LogP contribution in [0.3, 0.4) is 0 Å². The number of pyridine rings is 1. The first-order chi connectivity index (χ1) is 16.1. The molecule has 2 aromatic carbocycles. The van der Waals surface area contributed by atoms with Crippen molar-refractivity contribution in [2.24, 2.45) is 0 Å². The zero-order chi connectivity index (χ0) is 22.8. The molecule has 4 aromatic rings. The molecule has 0 spiro atoms. The summed E-state index contributed by atoms with van der Waals surface area (Å²) in [5, 5.41) is 2.81. The number of carbonyl (C=O) groups excluding carboxylic acids is 1. The van der Waals surface area contributed by atoms with Crippen LogP contribution in [0.1, 0.15) is 24.6 Å². The zero-order valence-corrected chi connectivity index (χ0v) is 18.4. The number of piperidine rings is 1. The molecule has 0 aliphatic carbocycles. The van der Waals surface area contributed by atoms with Crippen molar-refractivity contribution in [1.29, 1.82) is 0 Å². The van der Waals surface area contributed by atoms with Gasteiger partial charge in [0.2, 0.25) is 0 Å².